The van der Waals surface area contributed by atoms with E-state index in [0.29, 0.717) is 0 Å². The molecular weight excluding hydrogens is 376 g/mol. The lowest BCUT2D eigenvalue weighted by atomic mass is 10.0. The first kappa shape index (κ1) is 20.3. The Hall–Kier alpha value is -2.96. The topological polar surface area (TPSA) is 67.3 Å². The summed E-state index contributed by atoms with van der Waals surface area (Å²) < 4.78 is 7.77. The molecule has 0 unspecified atom stereocenters. The highest BCUT2D eigenvalue weighted by Gasteiger charge is 2.19. The number of nitrogens with zero attached hydrogens (tertiary/aromatic N) is 4. The normalized spacial score (nSPS) is 11.7. The Balaban J connectivity index is 1.97. The summed E-state index contributed by atoms with van der Waals surface area (Å²) in [5, 5.41) is 14.7. The lowest BCUT2D eigenvalue weighted by Gasteiger charge is -2.14. The molecule has 0 spiro atoms. The molecule has 0 fully saturated rings. The van der Waals surface area contributed by atoms with Crippen molar-refractivity contribution in [1.82, 2.24) is 19.6 Å². The Bertz CT molecular complexity index is 1170. The number of hydrogen-bond donors (Lipinski definition) is 1. The summed E-state index contributed by atoms with van der Waals surface area (Å²) in [6.45, 7) is 7.90. The molecular formula is C24H28N4O2. The molecule has 0 radical (unpaired) electrons. The van der Waals surface area contributed by atoms with E-state index in [-0.39, 0.29) is 6.61 Å². The number of benzene rings is 1. The van der Waals surface area contributed by atoms with E-state index in [1.54, 1.807) is 0 Å². The first-order valence-electron chi connectivity index (χ1n) is 10.2. The van der Waals surface area contributed by atoms with E-state index in [2.05, 4.69) is 47.8 Å². The van der Waals surface area contributed by atoms with Crippen molar-refractivity contribution in [3.05, 3.63) is 59.1 Å². The van der Waals surface area contributed by atoms with Crippen LogP contribution in [0.3, 0.4) is 0 Å². The number of aryl methyl sites for hydroxylation is 3. The van der Waals surface area contributed by atoms with E-state index in [4.69, 9.17) is 9.51 Å². The molecule has 0 saturated heterocycles. The van der Waals surface area contributed by atoms with Crippen molar-refractivity contribution in [2.45, 2.75) is 33.9 Å². The second-order valence-corrected chi connectivity index (χ2v) is 8.08. The molecule has 1 N–H and O–H groups in total. The Kier molecular flexibility index (Phi) is 5.45. The van der Waals surface area contributed by atoms with E-state index < -0.39 is 0 Å². The van der Waals surface area contributed by atoms with Crippen LogP contribution in [0.15, 0.2) is 40.9 Å². The van der Waals surface area contributed by atoms with E-state index >= 15 is 0 Å². The molecule has 0 aliphatic carbocycles. The van der Waals surface area contributed by atoms with Gasteiger partial charge >= 0.3 is 0 Å². The maximum absolute atomic E-state index is 9.40. The van der Waals surface area contributed by atoms with Crippen LogP contribution in [0.5, 0.6) is 0 Å². The predicted molar refractivity (Wildman–Crippen MR) is 119 cm³/mol. The number of likely N-dealkylation sites (N-methyl/N-ethyl adjacent to an activating group) is 1. The SMILES string of the molecule is Cc1noc(C)c1-c1cc2c(cc(C)n2CCN(C)C)c(-c2ccc(CO)cc2)n1. The van der Waals surface area contributed by atoms with Crippen molar-refractivity contribution in [3.63, 3.8) is 0 Å². The lowest BCUT2D eigenvalue weighted by Crippen LogP contribution is -2.18. The molecule has 0 aliphatic heterocycles. The Labute approximate surface area is 176 Å². The minimum absolute atomic E-state index is 0.0300. The Morgan fingerprint density at radius 1 is 1.07 bits per heavy atom. The third kappa shape index (κ3) is 3.64. The van der Waals surface area contributed by atoms with Crippen molar-refractivity contribution in [3.8, 4) is 22.5 Å². The lowest BCUT2D eigenvalue weighted by molar-refractivity contribution is 0.282. The average Bonchev–Trinajstić information content (AvgIpc) is 3.23. The van der Waals surface area contributed by atoms with Gasteiger partial charge in [-0.15, -0.1) is 0 Å². The number of rotatable bonds is 6. The molecule has 6 nitrogen and oxygen atoms in total. The van der Waals surface area contributed by atoms with Crippen LogP contribution >= 0.6 is 0 Å². The third-order valence-electron chi connectivity index (χ3n) is 5.58. The van der Waals surface area contributed by atoms with Gasteiger partial charge in [0.25, 0.3) is 0 Å². The third-order valence-corrected chi connectivity index (χ3v) is 5.58. The fraction of sp³-hybridized carbons (Fsp3) is 0.333. The van der Waals surface area contributed by atoms with Crippen LogP contribution in [0, 0.1) is 20.8 Å². The zero-order valence-electron chi connectivity index (χ0n) is 18.2. The van der Waals surface area contributed by atoms with Gasteiger partial charge in [0.15, 0.2) is 0 Å². The number of hydrogen-bond acceptors (Lipinski definition) is 5. The van der Waals surface area contributed by atoms with Crippen LogP contribution in [-0.4, -0.2) is 45.4 Å². The number of pyridine rings is 1. The highest BCUT2D eigenvalue weighted by atomic mass is 16.5. The summed E-state index contributed by atoms with van der Waals surface area (Å²) in [4.78, 5) is 7.24. The van der Waals surface area contributed by atoms with E-state index in [0.717, 1.165) is 63.5 Å². The van der Waals surface area contributed by atoms with Gasteiger partial charge < -0.3 is 19.1 Å². The molecule has 4 aromatic rings. The van der Waals surface area contributed by atoms with Crippen LogP contribution < -0.4 is 0 Å². The van der Waals surface area contributed by atoms with Gasteiger partial charge in [0, 0.05) is 29.7 Å². The molecule has 3 aromatic heterocycles. The van der Waals surface area contributed by atoms with Gasteiger partial charge in [-0.05, 0) is 52.6 Å². The monoisotopic (exact) mass is 404 g/mol. The summed E-state index contributed by atoms with van der Waals surface area (Å²) in [5.41, 5.74) is 7.85. The van der Waals surface area contributed by atoms with Crippen molar-refractivity contribution in [1.29, 1.82) is 0 Å². The van der Waals surface area contributed by atoms with Gasteiger partial charge in [-0.2, -0.15) is 0 Å². The van der Waals surface area contributed by atoms with E-state index in [1.807, 2.05) is 38.1 Å². The van der Waals surface area contributed by atoms with Gasteiger partial charge in [-0.1, -0.05) is 29.4 Å². The molecule has 1 aromatic carbocycles. The zero-order valence-corrected chi connectivity index (χ0v) is 18.2. The summed E-state index contributed by atoms with van der Waals surface area (Å²) in [6, 6.07) is 12.3. The zero-order chi connectivity index (χ0) is 21.4. The molecule has 0 amide bonds. The second-order valence-electron chi connectivity index (χ2n) is 8.08. The van der Waals surface area contributed by atoms with E-state index in [1.165, 1.54) is 5.69 Å². The van der Waals surface area contributed by atoms with Crippen LogP contribution in [-0.2, 0) is 13.2 Å². The van der Waals surface area contributed by atoms with Gasteiger partial charge in [-0.3, -0.25) is 0 Å². The van der Waals surface area contributed by atoms with Crippen LogP contribution in [0.2, 0.25) is 0 Å². The maximum Gasteiger partial charge on any atom is 0.143 e. The quantitative estimate of drug-likeness (QED) is 0.518. The van der Waals surface area contributed by atoms with Crippen LogP contribution in [0.1, 0.15) is 22.7 Å². The Morgan fingerprint density at radius 3 is 2.40 bits per heavy atom. The second kappa shape index (κ2) is 8.05. The number of aliphatic hydroxyl groups excluding tert-OH is 1. The van der Waals surface area contributed by atoms with Crippen LogP contribution in [0.4, 0.5) is 0 Å². The summed E-state index contributed by atoms with van der Waals surface area (Å²) in [7, 11) is 4.18. The van der Waals surface area contributed by atoms with Crippen molar-refractivity contribution in [2.24, 2.45) is 0 Å². The first-order chi connectivity index (χ1) is 14.4. The fourth-order valence-corrected chi connectivity index (χ4v) is 3.95. The largest absolute Gasteiger partial charge is 0.392 e. The van der Waals surface area contributed by atoms with Gasteiger partial charge in [0.05, 0.1) is 34.8 Å². The molecule has 0 aliphatic rings. The summed E-state index contributed by atoms with van der Waals surface area (Å²) in [5.74, 6) is 0.768. The molecule has 3 heterocycles. The smallest absolute Gasteiger partial charge is 0.143 e. The molecule has 30 heavy (non-hydrogen) atoms. The summed E-state index contributed by atoms with van der Waals surface area (Å²) in [6.07, 6.45) is 0. The van der Waals surface area contributed by atoms with Crippen LogP contribution in [0.25, 0.3) is 33.4 Å². The van der Waals surface area contributed by atoms with E-state index in [9.17, 15) is 5.11 Å². The van der Waals surface area contributed by atoms with Gasteiger partial charge in [0.2, 0.25) is 0 Å². The number of aromatic nitrogens is 3. The minimum atomic E-state index is 0.0300. The maximum atomic E-state index is 9.40. The summed E-state index contributed by atoms with van der Waals surface area (Å²) >= 11 is 0. The molecule has 0 atom stereocenters. The first-order valence-corrected chi connectivity index (χ1v) is 10.2. The number of aliphatic hydroxyl groups is 1. The standard InChI is InChI=1S/C24H28N4O2/c1-15-12-20-22(28(15)11-10-27(4)5)13-21(23-16(2)26-30-17(23)3)25-24(20)19-8-6-18(14-29)7-9-19/h6-9,12-13,29H,10-11,14H2,1-5H3. The molecule has 156 valence electrons. The van der Waals surface area contributed by atoms with Crippen molar-refractivity contribution in [2.75, 3.05) is 20.6 Å². The number of fused-ring (bicyclic) bond motifs is 1. The minimum Gasteiger partial charge on any atom is -0.392 e. The molecule has 6 heteroatoms. The highest BCUT2D eigenvalue weighted by molar-refractivity contribution is 5.96. The van der Waals surface area contributed by atoms with Gasteiger partial charge in [-0.25, -0.2) is 4.98 Å². The molecule has 0 saturated carbocycles. The Morgan fingerprint density at radius 2 is 1.80 bits per heavy atom. The molecule has 0 bridgehead atoms. The van der Waals surface area contributed by atoms with Crippen molar-refractivity contribution < 1.29 is 9.63 Å². The fourth-order valence-electron chi connectivity index (χ4n) is 3.95. The van der Waals surface area contributed by atoms with Gasteiger partial charge in [0.1, 0.15) is 5.76 Å². The van der Waals surface area contributed by atoms with Crippen molar-refractivity contribution >= 4 is 10.9 Å². The molecule has 4 rings (SSSR count). The highest BCUT2D eigenvalue weighted by Crippen LogP contribution is 2.35. The average molecular weight is 405 g/mol. The predicted octanol–water partition coefficient (Wildman–Crippen LogP) is 4.34.